The molecular weight excluding hydrogens is 249 g/mol. The quantitative estimate of drug-likeness (QED) is 0.875. The summed E-state index contributed by atoms with van der Waals surface area (Å²) in [4.78, 5) is 11.7. The average molecular weight is 262 g/mol. The lowest BCUT2D eigenvalue weighted by molar-refractivity contribution is 0.0915. The minimum absolute atomic E-state index is 0.0868. The zero-order valence-corrected chi connectivity index (χ0v) is 10.3. The van der Waals surface area contributed by atoms with Crippen LogP contribution in [-0.4, -0.2) is 23.7 Å². The summed E-state index contributed by atoms with van der Waals surface area (Å²) < 4.78 is 0. The van der Waals surface area contributed by atoms with E-state index in [1.165, 1.54) is 12.1 Å². The lowest BCUT2D eigenvalue weighted by Gasteiger charge is -2.14. The van der Waals surface area contributed by atoms with Crippen LogP contribution < -0.4 is 5.32 Å². The predicted molar refractivity (Wildman–Crippen MR) is 65.1 cm³/mol. The lowest BCUT2D eigenvalue weighted by atomic mass is 10.2. The standard InChI is InChI=1S/C11H13Cl2NO2/c1-2-10(6-15)14-11(16)7-3-8(12)5-9(13)4-7/h3-5,10,15H,2,6H2,1H3,(H,14,16)/t10-/m0/s1. The van der Waals surface area contributed by atoms with Gasteiger partial charge in [-0.25, -0.2) is 0 Å². The zero-order valence-electron chi connectivity index (χ0n) is 8.84. The van der Waals surface area contributed by atoms with E-state index in [9.17, 15) is 4.79 Å². The third kappa shape index (κ3) is 3.67. The fraction of sp³-hybridized carbons (Fsp3) is 0.364. The van der Waals surface area contributed by atoms with E-state index in [0.29, 0.717) is 22.0 Å². The first-order valence-corrected chi connectivity index (χ1v) is 5.70. The number of amides is 1. The van der Waals surface area contributed by atoms with E-state index < -0.39 is 0 Å². The second kappa shape index (κ2) is 6.09. The van der Waals surface area contributed by atoms with Crippen molar-refractivity contribution < 1.29 is 9.90 Å². The summed E-state index contributed by atoms with van der Waals surface area (Å²) in [7, 11) is 0. The van der Waals surface area contributed by atoms with E-state index in [1.54, 1.807) is 6.07 Å². The molecule has 0 aliphatic carbocycles. The van der Waals surface area contributed by atoms with Crippen molar-refractivity contribution in [2.45, 2.75) is 19.4 Å². The number of aliphatic hydroxyl groups is 1. The van der Waals surface area contributed by atoms with Gasteiger partial charge in [-0.05, 0) is 24.6 Å². The van der Waals surface area contributed by atoms with Crippen molar-refractivity contribution in [1.29, 1.82) is 0 Å². The van der Waals surface area contributed by atoms with E-state index >= 15 is 0 Å². The Labute approximate surface area is 104 Å². The minimum Gasteiger partial charge on any atom is -0.394 e. The van der Waals surface area contributed by atoms with E-state index in [4.69, 9.17) is 28.3 Å². The predicted octanol–water partition coefficient (Wildman–Crippen LogP) is 2.49. The third-order valence-electron chi connectivity index (χ3n) is 2.17. The maximum atomic E-state index is 11.7. The van der Waals surface area contributed by atoms with Crippen molar-refractivity contribution in [3.05, 3.63) is 33.8 Å². The molecule has 0 bridgehead atoms. The highest BCUT2D eigenvalue weighted by atomic mass is 35.5. The molecule has 0 saturated carbocycles. The number of nitrogens with one attached hydrogen (secondary N) is 1. The Morgan fingerprint density at radius 1 is 1.38 bits per heavy atom. The molecule has 0 aliphatic rings. The molecular formula is C11H13Cl2NO2. The van der Waals surface area contributed by atoms with E-state index in [-0.39, 0.29) is 18.6 Å². The van der Waals surface area contributed by atoms with Gasteiger partial charge in [0, 0.05) is 15.6 Å². The highest BCUT2D eigenvalue weighted by molar-refractivity contribution is 6.35. The first-order chi connectivity index (χ1) is 7.56. The summed E-state index contributed by atoms with van der Waals surface area (Å²) in [6.07, 6.45) is 0.663. The molecule has 3 nitrogen and oxygen atoms in total. The van der Waals surface area contributed by atoms with Gasteiger partial charge < -0.3 is 10.4 Å². The molecule has 0 spiro atoms. The Morgan fingerprint density at radius 2 is 1.94 bits per heavy atom. The summed E-state index contributed by atoms with van der Waals surface area (Å²) in [5.41, 5.74) is 0.393. The summed E-state index contributed by atoms with van der Waals surface area (Å²) in [5, 5.41) is 12.5. The molecule has 0 aromatic heterocycles. The monoisotopic (exact) mass is 261 g/mol. The highest BCUT2D eigenvalue weighted by Crippen LogP contribution is 2.19. The molecule has 0 saturated heterocycles. The van der Waals surface area contributed by atoms with Crippen molar-refractivity contribution in [2.75, 3.05) is 6.61 Å². The van der Waals surface area contributed by atoms with Gasteiger partial charge >= 0.3 is 0 Å². The number of hydrogen-bond donors (Lipinski definition) is 2. The van der Waals surface area contributed by atoms with Crippen LogP contribution in [0.15, 0.2) is 18.2 Å². The molecule has 0 radical (unpaired) electrons. The fourth-order valence-electron chi connectivity index (χ4n) is 1.23. The summed E-state index contributed by atoms with van der Waals surface area (Å²) >= 11 is 11.6. The van der Waals surface area contributed by atoms with Gasteiger partial charge in [0.25, 0.3) is 5.91 Å². The van der Waals surface area contributed by atoms with Gasteiger partial charge in [0.05, 0.1) is 12.6 Å². The molecule has 0 heterocycles. The van der Waals surface area contributed by atoms with Gasteiger partial charge in [-0.15, -0.1) is 0 Å². The van der Waals surface area contributed by atoms with Crippen LogP contribution in [0.25, 0.3) is 0 Å². The van der Waals surface area contributed by atoms with E-state index in [1.807, 2.05) is 6.92 Å². The van der Waals surface area contributed by atoms with Crippen molar-refractivity contribution in [2.24, 2.45) is 0 Å². The van der Waals surface area contributed by atoms with Crippen molar-refractivity contribution >= 4 is 29.1 Å². The van der Waals surface area contributed by atoms with Gasteiger partial charge in [-0.1, -0.05) is 30.1 Å². The maximum absolute atomic E-state index is 11.7. The van der Waals surface area contributed by atoms with Crippen molar-refractivity contribution in [1.82, 2.24) is 5.32 Å². The SMILES string of the molecule is CC[C@@H](CO)NC(=O)c1cc(Cl)cc(Cl)c1. The van der Waals surface area contributed by atoms with Crippen LogP contribution in [0.5, 0.6) is 0 Å². The van der Waals surface area contributed by atoms with Crippen LogP contribution in [0.2, 0.25) is 10.0 Å². The maximum Gasteiger partial charge on any atom is 0.251 e. The number of aliphatic hydroxyl groups excluding tert-OH is 1. The normalized spacial score (nSPS) is 12.2. The Morgan fingerprint density at radius 3 is 2.38 bits per heavy atom. The average Bonchev–Trinajstić information content (AvgIpc) is 2.24. The smallest absolute Gasteiger partial charge is 0.251 e. The summed E-state index contributed by atoms with van der Waals surface area (Å²) in [5.74, 6) is -0.287. The molecule has 1 aromatic carbocycles. The Bertz CT molecular complexity index is 358. The Balaban J connectivity index is 2.80. The van der Waals surface area contributed by atoms with Crippen LogP contribution in [0.4, 0.5) is 0 Å². The van der Waals surface area contributed by atoms with Gasteiger partial charge in [0.15, 0.2) is 0 Å². The topological polar surface area (TPSA) is 49.3 Å². The Kier molecular flexibility index (Phi) is 5.06. The summed E-state index contributed by atoms with van der Waals surface area (Å²) in [6, 6.07) is 4.38. The molecule has 0 unspecified atom stereocenters. The van der Waals surface area contributed by atoms with Crippen LogP contribution in [0.1, 0.15) is 23.7 Å². The molecule has 0 aliphatic heterocycles. The van der Waals surface area contributed by atoms with Gasteiger partial charge in [-0.2, -0.15) is 0 Å². The number of hydrogen-bond acceptors (Lipinski definition) is 2. The second-order valence-electron chi connectivity index (χ2n) is 3.42. The number of rotatable bonds is 4. The molecule has 1 rings (SSSR count). The first-order valence-electron chi connectivity index (χ1n) is 4.94. The highest BCUT2D eigenvalue weighted by Gasteiger charge is 2.12. The molecule has 16 heavy (non-hydrogen) atoms. The molecule has 0 fully saturated rings. The van der Waals surface area contributed by atoms with Gasteiger partial charge in [0.1, 0.15) is 0 Å². The molecule has 1 aromatic rings. The Hall–Kier alpha value is -0.770. The molecule has 5 heteroatoms. The number of benzene rings is 1. The van der Waals surface area contributed by atoms with Crippen molar-refractivity contribution in [3.63, 3.8) is 0 Å². The van der Waals surface area contributed by atoms with E-state index in [2.05, 4.69) is 5.32 Å². The van der Waals surface area contributed by atoms with Crippen LogP contribution in [0.3, 0.4) is 0 Å². The zero-order chi connectivity index (χ0) is 12.1. The number of carbonyl (C=O) groups is 1. The first kappa shape index (κ1) is 13.3. The molecule has 88 valence electrons. The van der Waals surface area contributed by atoms with Gasteiger partial charge in [0.2, 0.25) is 0 Å². The van der Waals surface area contributed by atoms with E-state index in [0.717, 1.165) is 0 Å². The van der Waals surface area contributed by atoms with Crippen LogP contribution in [-0.2, 0) is 0 Å². The number of halogens is 2. The fourth-order valence-corrected chi connectivity index (χ4v) is 1.76. The van der Waals surface area contributed by atoms with Crippen molar-refractivity contribution in [3.8, 4) is 0 Å². The number of carbonyl (C=O) groups excluding carboxylic acids is 1. The molecule has 1 amide bonds. The lowest BCUT2D eigenvalue weighted by Crippen LogP contribution is -2.36. The molecule has 1 atom stereocenters. The minimum atomic E-state index is -0.287. The third-order valence-corrected chi connectivity index (χ3v) is 2.61. The van der Waals surface area contributed by atoms with Crippen LogP contribution in [0, 0.1) is 0 Å². The largest absolute Gasteiger partial charge is 0.394 e. The van der Waals surface area contributed by atoms with Gasteiger partial charge in [-0.3, -0.25) is 4.79 Å². The molecule has 2 N–H and O–H groups in total. The summed E-state index contributed by atoms with van der Waals surface area (Å²) in [6.45, 7) is 1.79. The second-order valence-corrected chi connectivity index (χ2v) is 4.29. The van der Waals surface area contributed by atoms with Crippen LogP contribution >= 0.6 is 23.2 Å².